The molecule has 0 radical (unpaired) electrons. The summed E-state index contributed by atoms with van der Waals surface area (Å²) >= 11 is 5.57. The van der Waals surface area contributed by atoms with Crippen molar-refractivity contribution in [2.75, 3.05) is 18.5 Å². The summed E-state index contributed by atoms with van der Waals surface area (Å²) in [6.45, 7) is 0.972. The minimum atomic E-state index is -4.72. The zero-order chi connectivity index (χ0) is 22.3. The summed E-state index contributed by atoms with van der Waals surface area (Å²) in [5.74, 6) is -2.09. The number of ether oxygens (including phenoxy) is 1. The zero-order valence-electron chi connectivity index (χ0n) is 15.8. The highest BCUT2D eigenvalue weighted by atomic mass is 35.5. The summed E-state index contributed by atoms with van der Waals surface area (Å²) in [4.78, 5) is 35.6. The largest absolute Gasteiger partial charge is 0.456 e. The van der Waals surface area contributed by atoms with Crippen molar-refractivity contribution in [2.45, 2.75) is 19.5 Å². The number of carbonyl (C=O) groups is 3. The highest BCUT2D eigenvalue weighted by Gasteiger charge is 2.34. The fourth-order valence-electron chi connectivity index (χ4n) is 2.47. The number of anilines is 1. The van der Waals surface area contributed by atoms with E-state index in [2.05, 4.69) is 5.32 Å². The molecule has 30 heavy (non-hydrogen) atoms. The Hall–Kier alpha value is -3.07. The lowest BCUT2D eigenvalue weighted by Crippen LogP contribution is -2.28. The summed E-state index contributed by atoms with van der Waals surface area (Å²) in [6.07, 6.45) is -4.93. The number of hydrogen-bond donors (Lipinski definition) is 2. The molecule has 0 fully saturated rings. The SMILES string of the molecule is Cc1ccccc1C(=O)NCCC(=O)OCC(=O)Nc1ccc(Cl)cc1C(F)(F)F. The number of halogens is 4. The molecule has 2 aromatic rings. The number of hydrogen-bond acceptors (Lipinski definition) is 4. The molecule has 0 spiro atoms. The Labute approximate surface area is 175 Å². The number of carbonyl (C=O) groups excluding carboxylic acids is 3. The van der Waals surface area contributed by atoms with Crippen LogP contribution in [0.2, 0.25) is 5.02 Å². The monoisotopic (exact) mass is 442 g/mol. The van der Waals surface area contributed by atoms with Crippen LogP contribution < -0.4 is 10.6 Å². The van der Waals surface area contributed by atoms with E-state index in [0.29, 0.717) is 11.6 Å². The Kier molecular flexibility index (Phi) is 7.82. The van der Waals surface area contributed by atoms with Gasteiger partial charge in [0.15, 0.2) is 6.61 Å². The quantitative estimate of drug-likeness (QED) is 0.635. The summed E-state index contributed by atoms with van der Waals surface area (Å²) in [6, 6.07) is 9.78. The van der Waals surface area contributed by atoms with Gasteiger partial charge in [0, 0.05) is 17.1 Å². The van der Waals surface area contributed by atoms with Crippen molar-refractivity contribution >= 4 is 35.1 Å². The van der Waals surface area contributed by atoms with Gasteiger partial charge in [-0.25, -0.2) is 0 Å². The summed E-state index contributed by atoms with van der Waals surface area (Å²) in [5, 5.41) is 4.45. The summed E-state index contributed by atoms with van der Waals surface area (Å²) in [5.41, 5.74) is -0.379. The standard InChI is InChI=1S/C20H18ClF3N2O4/c1-12-4-2-3-5-14(12)19(29)25-9-8-18(28)30-11-17(27)26-16-7-6-13(21)10-15(16)20(22,23)24/h2-7,10H,8-9,11H2,1H3,(H,25,29)(H,26,27). The van der Waals surface area contributed by atoms with Crippen molar-refractivity contribution in [3.63, 3.8) is 0 Å². The van der Waals surface area contributed by atoms with Crippen molar-refractivity contribution in [2.24, 2.45) is 0 Å². The van der Waals surface area contributed by atoms with Crippen molar-refractivity contribution in [1.29, 1.82) is 0 Å². The van der Waals surface area contributed by atoms with E-state index in [4.69, 9.17) is 16.3 Å². The molecule has 2 N–H and O–H groups in total. The van der Waals surface area contributed by atoms with E-state index in [1.54, 1.807) is 31.2 Å². The first kappa shape index (κ1) is 23.2. The average molecular weight is 443 g/mol. The maximum Gasteiger partial charge on any atom is 0.418 e. The van der Waals surface area contributed by atoms with E-state index in [-0.39, 0.29) is 23.9 Å². The number of rotatable bonds is 7. The van der Waals surface area contributed by atoms with Gasteiger partial charge in [-0.1, -0.05) is 29.8 Å². The van der Waals surface area contributed by atoms with Crippen LogP contribution in [0.4, 0.5) is 18.9 Å². The molecule has 0 aliphatic rings. The molecule has 160 valence electrons. The van der Waals surface area contributed by atoms with E-state index in [1.807, 2.05) is 5.32 Å². The van der Waals surface area contributed by atoms with Gasteiger partial charge in [0.05, 0.1) is 17.7 Å². The molecule has 0 bridgehead atoms. The van der Waals surface area contributed by atoms with Crippen LogP contribution in [0.5, 0.6) is 0 Å². The molecule has 0 atom stereocenters. The number of benzene rings is 2. The Morgan fingerprint density at radius 1 is 1.10 bits per heavy atom. The minimum absolute atomic E-state index is 0.0248. The van der Waals surface area contributed by atoms with Gasteiger partial charge < -0.3 is 15.4 Å². The topological polar surface area (TPSA) is 84.5 Å². The van der Waals surface area contributed by atoms with Crippen LogP contribution in [0.3, 0.4) is 0 Å². The third-order valence-electron chi connectivity index (χ3n) is 3.93. The number of nitrogens with one attached hydrogen (secondary N) is 2. The summed E-state index contributed by atoms with van der Waals surface area (Å²) in [7, 11) is 0. The normalized spacial score (nSPS) is 11.0. The molecule has 0 aromatic heterocycles. The van der Waals surface area contributed by atoms with Crippen LogP contribution >= 0.6 is 11.6 Å². The molecule has 6 nitrogen and oxygen atoms in total. The second kappa shape index (κ2) is 10.1. The van der Waals surface area contributed by atoms with Gasteiger partial charge in [-0.05, 0) is 36.8 Å². The van der Waals surface area contributed by atoms with Crippen molar-refractivity contribution in [1.82, 2.24) is 5.32 Å². The molecule has 0 saturated carbocycles. The Morgan fingerprint density at radius 3 is 2.47 bits per heavy atom. The van der Waals surface area contributed by atoms with E-state index in [1.165, 1.54) is 6.07 Å². The predicted octanol–water partition coefficient (Wildman–Crippen LogP) is 3.97. The third kappa shape index (κ3) is 6.77. The number of esters is 1. The van der Waals surface area contributed by atoms with Crippen LogP contribution in [0.1, 0.15) is 27.9 Å². The lowest BCUT2D eigenvalue weighted by Gasteiger charge is -2.14. The fraction of sp³-hybridized carbons (Fsp3) is 0.250. The van der Waals surface area contributed by atoms with Gasteiger partial charge >= 0.3 is 12.1 Å². The van der Waals surface area contributed by atoms with Crippen molar-refractivity contribution in [3.8, 4) is 0 Å². The lowest BCUT2D eigenvalue weighted by atomic mass is 10.1. The number of alkyl halides is 3. The van der Waals surface area contributed by atoms with Gasteiger partial charge in [-0.3, -0.25) is 14.4 Å². The second-order valence-corrected chi connectivity index (χ2v) is 6.65. The van der Waals surface area contributed by atoms with E-state index in [0.717, 1.165) is 11.6 Å². The first-order valence-electron chi connectivity index (χ1n) is 8.74. The molecule has 0 saturated heterocycles. The third-order valence-corrected chi connectivity index (χ3v) is 4.16. The number of amides is 2. The van der Waals surface area contributed by atoms with E-state index in [9.17, 15) is 27.6 Å². The second-order valence-electron chi connectivity index (χ2n) is 6.22. The molecule has 0 aliphatic heterocycles. The highest BCUT2D eigenvalue weighted by molar-refractivity contribution is 6.30. The predicted molar refractivity (Wildman–Crippen MR) is 104 cm³/mol. The van der Waals surface area contributed by atoms with Crippen molar-refractivity contribution < 1.29 is 32.3 Å². The van der Waals surface area contributed by atoms with Gasteiger partial charge in [0.2, 0.25) is 0 Å². The molecule has 2 amide bonds. The molecule has 0 aliphatic carbocycles. The van der Waals surface area contributed by atoms with Crippen LogP contribution in [-0.2, 0) is 20.5 Å². The van der Waals surface area contributed by atoms with Crippen molar-refractivity contribution in [3.05, 3.63) is 64.2 Å². The fourth-order valence-corrected chi connectivity index (χ4v) is 2.64. The smallest absolute Gasteiger partial charge is 0.418 e. The van der Waals surface area contributed by atoms with Gasteiger partial charge in [-0.2, -0.15) is 13.2 Å². The molecular weight excluding hydrogens is 425 g/mol. The maximum atomic E-state index is 13.0. The highest BCUT2D eigenvalue weighted by Crippen LogP contribution is 2.36. The lowest BCUT2D eigenvalue weighted by molar-refractivity contribution is -0.147. The molecule has 0 unspecified atom stereocenters. The first-order chi connectivity index (χ1) is 14.1. The number of aryl methyl sites for hydroxylation is 1. The summed E-state index contributed by atoms with van der Waals surface area (Å²) < 4.78 is 43.8. The minimum Gasteiger partial charge on any atom is -0.456 e. The van der Waals surface area contributed by atoms with E-state index < -0.39 is 35.9 Å². The molecule has 10 heteroatoms. The van der Waals surface area contributed by atoms with E-state index >= 15 is 0 Å². The van der Waals surface area contributed by atoms with Crippen LogP contribution in [0, 0.1) is 6.92 Å². The zero-order valence-corrected chi connectivity index (χ0v) is 16.6. The molecule has 2 aromatic carbocycles. The maximum absolute atomic E-state index is 13.0. The van der Waals surface area contributed by atoms with Crippen LogP contribution in [0.15, 0.2) is 42.5 Å². The van der Waals surface area contributed by atoms with Gasteiger partial charge in [-0.15, -0.1) is 0 Å². The molecule has 0 heterocycles. The average Bonchev–Trinajstić information content (AvgIpc) is 2.67. The van der Waals surface area contributed by atoms with Gasteiger partial charge in [0.25, 0.3) is 11.8 Å². The van der Waals surface area contributed by atoms with Crippen LogP contribution in [0.25, 0.3) is 0 Å². The van der Waals surface area contributed by atoms with Gasteiger partial charge in [0.1, 0.15) is 0 Å². The molecule has 2 rings (SSSR count). The van der Waals surface area contributed by atoms with Crippen LogP contribution in [-0.4, -0.2) is 30.9 Å². The molecular formula is C20H18ClF3N2O4. The Morgan fingerprint density at radius 2 is 1.80 bits per heavy atom. The first-order valence-corrected chi connectivity index (χ1v) is 9.12. The Bertz CT molecular complexity index is 948. The Balaban J connectivity index is 1.79.